The molecule has 0 atom stereocenters. The smallest absolute Gasteiger partial charge is 0.143 e. The molecule has 1 saturated carbocycles. The lowest BCUT2D eigenvalue weighted by molar-refractivity contribution is 0.312. The number of hydrogen-bond donors (Lipinski definition) is 2. The summed E-state index contributed by atoms with van der Waals surface area (Å²) in [5.41, 5.74) is 2.58. The highest BCUT2D eigenvalue weighted by atomic mass is 15.3. The Morgan fingerprint density at radius 1 is 1.38 bits per heavy atom. The predicted molar refractivity (Wildman–Crippen MR) is 64.8 cm³/mol. The Balaban J connectivity index is 2.02. The zero-order valence-electron chi connectivity index (χ0n) is 9.82. The monoisotopic (exact) mass is 220 g/mol. The van der Waals surface area contributed by atoms with Gasteiger partial charge in [-0.2, -0.15) is 0 Å². The molecule has 0 bridgehead atoms. The Bertz CT molecular complexity index is 332. The molecule has 0 aliphatic heterocycles. The van der Waals surface area contributed by atoms with Crippen molar-refractivity contribution in [1.29, 1.82) is 0 Å². The first-order chi connectivity index (χ1) is 7.83. The number of hydrogen-bond acceptors (Lipinski definition) is 4. The molecule has 1 aromatic rings. The molecule has 1 fully saturated rings. The van der Waals surface area contributed by atoms with Gasteiger partial charge in [0.15, 0.2) is 0 Å². The molecule has 2 rings (SSSR count). The highest BCUT2D eigenvalue weighted by molar-refractivity contribution is 5.31. The van der Waals surface area contributed by atoms with E-state index in [2.05, 4.69) is 22.3 Å². The Morgan fingerprint density at radius 2 is 2.12 bits per heavy atom. The molecule has 3 N–H and O–H groups in total. The largest absolute Gasteiger partial charge is 0.308 e. The van der Waals surface area contributed by atoms with Crippen LogP contribution in [0.15, 0.2) is 12.3 Å². The highest BCUT2D eigenvalue weighted by Crippen LogP contribution is 2.35. The highest BCUT2D eigenvalue weighted by Gasteiger charge is 2.23. The summed E-state index contributed by atoms with van der Waals surface area (Å²) in [4.78, 5) is 8.77. The average Bonchev–Trinajstić information content (AvgIpc) is 2.39. The van der Waals surface area contributed by atoms with E-state index < -0.39 is 0 Å². The van der Waals surface area contributed by atoms with Crippen LogP contribution in [0.2, 0.25) is 0 Å². The number of nitrogens with two attached hydrogens (primary N) is 1. The first-order valence-corrected chi connectivity index (χ1v) is 6.13. The van der Waals surface area contributed by atoms with Gasteiger partial charge in [-0.05, 0) is 31.6 Å². The maximum atomic E-state index is 5.35. The minimum atomic E-state index is 0.524. The van der Waals surface area contributed by atoms with Crippen molar-refractivity contribution >= 4 is 5.82 Å². The van der Waals surface area contributed by atoms with Crippen LogP contribution in [-0.2, 0) is 0 Å². The summed E-state index contributed by atoms with van der Waals surface area (Å²) in [6, 6.07) is 1.79. The van der Waals surface area contributed by atoms with E-state index in [9.17, 15) is 0 Å². The van der Waals surface area contributed by atoms with E-state index in [1.165, 1.54) is 32.1 Å². The van der Waals surface area contributed by atoms with Gasteiger partial charge in [-0.15, -0.1) is 0 Å². The second kappa shape index (κ2) is 5.25. The average molecular weight is 220 g/mol. The van der Waals surface area contributed by atoms with Gasteiger partial charge in [0.2, 0.25) is 0 Å². The molecular formula is C12H20N4. The summed E-state index contributed by atoms with van der Waals surface area (Å²) in [6.45, 7) is 2.28. The van der Waals surface area contributed by atoms with Crippen molar-refractivity contribution in [2.45, 2.75) is 44.9 Å². The van der Waals surface area contributed by atoms with Crippen molar-refractivity contribution in [1.82, 2.24) is 9.97 Å². The van der Waals surface area contributed by atoms with Crippen LogP contribution < -0.4 is 11.3 Å². The summed E-state index contributed by atoms with van der Waals surface area (Å²) in [7, 11) is 0. The molecule has 1 heterocycles. The fourth-order valence-corrected chi connectivity index (χ4v) is 2.48. The van der Waals surface area contributed by atoms with Crippen molar-refractivity contribution in [2.75, 3.05) is 5.43 Å². The van der Waals surface area contributed by atoms with E-state index in [4.69, 9.17) is 5.84 Å². The maximum absolute atomic E-state index is 5.35. The molecular weight excluding hydrogens is 200 g/mol. The molecule has 0 aromatic carbocycles. The molecule has 0 spiro atoms. The zero-order chi connectivity index (χ0) is 11.4. The summed E-state index contributed by atoms with van der Waals surface area (Å²) >= 11 is 0. The van der Waals surface area contributed by atoms with Crippen LogP contribution in [0.1, 0.15) is 50.8 Å². The quantitative estimate of drug-likeness (QED) is 0.606. The summed E-state index contributed by atoms with van der Waals surface area (Å²) in [5.74, 6) is 8.44. The Kier molecular flexibility index (Phi) is 3.72. The van der Waals surface area contributed by atoms with Gasteiger partial charge in [-0.1, -0.05) is 13.3 Å². The summed E-state index contributed by atoms with van der Waals surface area (Å²) in [6.07, 6.45) is 8.14. The van der Waals surface area contributed by atoms with Crippen molar-refractivity contribution in [3.63, 3.8) is 0 Å². The van der Waals surface area contributed by atoms with Gasteiger partial charge in [0.1, 0.15) is 11.6 Å². The molecule has 88 valence electrons. The molecule has 1 aliphatic carbocycles. The maximum Gasteiger partial charge on any atom is 0.143 e. The number of nitrogen functional groups attached to an aromatic ring is 1. The number of hydrazine groups is 1. The van der Waals surface area contributed by atoms with E-state index in [-0.39, 0.29) is 0 Å². The van der Waals surface area contributed by atoms with Crippen LogP contribution in [0.4, 0.5) is 5.82 Å². The second-order valence-corrected chi connectivity index (χ2v) is 4.57. The lowest BCUT2D eigenvalue weighted by atomic mass is 9.80. The van der Waals surface area contributed by atoms with Crippen LogP contribution >= 0.6 is 0 Å². The Hall–Kier alpha value is -1.16. The van der Waals surface area contributed by atoms with Crippen LogP contribution in [0, 0.1) is 5.92 Å². The van der Waals surface area contributed by atoms with Crippen LogP contribution in [-0.4, -0.2) is 9.97 Å². The first-order valence-electron chi connectivity index (χ1n) is 6.13. The standard InChI is InChI=1S/C12H20N4/c1-2-9-3-5-10(6-4-9)12-14-8-7-11(15-12)16-13/h7-10H,2-6,13H2,1H3,(H,14,15,16). The second-order valence-electron chi connectivity index (χ2n) is 4.57. The van der Waals surface area contributed by atoms with Crippen LogP contribution in [0.5, 0.6) is 0 Å². The van der Waals surface area contributed by atoms with Gasteiger partial charge < -0.3 is 5.43 Å². The minimum absolute atomic E-state index is 0.524. The molecule has 0 amide bonds. The van der Waals surface area contributed by atoms with E-state index in [0.717, 1.165) is 11.7 Å². The summed E-state index contributed by atoms with van der Waals surface area (Å²) < 4.78 is 0. The topological polar surface area (TPSA) is 63.8 Å². The van der Waals surface area contributed by atoms with E-state index in [0.29, 0.717) is 11.7 Å². The number of anilines is 1. The molecule has 1 aromatic heterocycles. The number of nitrogens with one attached hydrogen (secondary N) is 1. The number of aromatic nitrogens is 2. The molecule has 0 unspecified atom stereocenters. The van der Waals surface area contributed by atoms with Gasteiger partial charge in [0, 0.05) is 18.2 Å². The van der Waals surface area contributed by atoms with Crippen molar-refractivity contribution in [3.05, 3.63) is 18.1 Å². The molecule has 1 aliphatic rings. The van der Waals surface area contributed by atoms with Gasteiger partial charge in [-0.25, -0.2) is 15.8 Å². The molecule has 16 heavy (non-hydrogen) atoms. The van der Waals surface area contributed by atoms with Crippen molar-refractivity contribution < 1.29 is 0 Å². The normalized spacial score (nSPS) is 25.4. The van der Waals surface area contributed by atoms with Gasteiger partial charge in [0.05, 0.1) is 0 Å². The summed E-state index contributed by atoms with van der Waals surface area (Å²) in [5, 5.41) is 0. The Labute approximate surface area is 96.6 Å². The molecule has 4 nitrogen and oxygen atoms in total. The van der Waals surface area contributed by atoms with Gasteiger partial charge >= 0.3 is 0 Å². The van der Waals surface area contributed by atoms with E-state index in [1.54, 1.807) is 12.3 Å². The molecule has 0 saturated heterocycles. The molecule has 0 radical (unpaired) electrons. The lowest BCUT2D eigenvalue weighted by Gasteiger charge is -2.26. The van der Waals surface area contributed by atoms with Crippen molar-refractivity contribution in [3.8, 4) is 0 Å². The predicted octanol–water partition coefficient (Wildman–Crippen LogP) is 2.45. The van der Waals surface area contributed by atoms with Gasteiger partial charge in [-0.3, -0.25) is 0 Å². The third-order valence-corrected chi connectivity index (χ3v) is 3.61. The number of nitrogens with zero attached hydrogens (tertiary/aromatic N) is 2. The Morgan fingerprint density at radius 3 is 2.75 bits per heavy atom. The molecule has 4 heteroatoms. The first kappa shape index (κ1) is 11.3. The van der Waals surface area contributed by atoms with Crippen molar-refractivity contribution in [2.24, 2.45) is 11.8 Å². The fraction of sp³-hybridized carbons (Fsp3) is 0.667. The van der Waals surface area contributed by atoms with E-state index >= 15 is 0 Å². The zero-order valence-corrected chi connectivity index (χ0v) is 9.82. The van der Waals surface area contributed by atoms with E-state index in [1.807, 2.05) is 0 Å². The van der Waals surface area contributed by atoms with Crippen LogP contribution in [0.25, 0.3) is 0 Å². The van der Waals surface area contributed by atoms with Gasteiger partial charge in [0.25, 0.3) is 0 Å². The fourth-order valence-electron chi connectivity index (χ4n) is 2.48. The lowest BCUT2D eigenvalue weighted by Crippen LogP contribution is -2.16. The minimum Gasteiger partial charge on any atom is -0.308 e. The third kappa shape index (κ3) is 2.50. The SMILES string of the molecule is CCC1CCC(c2nccc(NN)n2)CC1. The third-order valence-electron chi connectivity index (χ3n) is 3.61. The van der Waals surface area contributed by atoms with Crippen LogP contribution in [0.3, 0.4) is 0 Å². The number of rotatable bonds is 3.